The minimum Gasteiger partial charge on any atom is -0.497 e. The molecule has 27 heteroatoms. The second kappa shape index (κ2) is 20.8. The molecule has 2 aromatic rings. The normalized spacial score (nSPS) is 15.1. The average Bonchev–Trinajstić information content (AvgIpc) is 3.21. The lowest BCUT2D eigenvalue weighted by atomic mass is 9.88. The maximum Gasteiger partial charge on any atom is 0.460 e. The van der Waals surface area contributed by atoms with Crippen molar-refractivity contribution < 1.29 is 108 Å². The quantitative estimate of drug-likeness (QED) is 0.0254. The minimum absolute atomic E-state index is 0.0403. The van der Waals surface area contributed by atoms with Gasteiger partial charge in [0.25, 0.3) is 5.91 Å². The van der Waals surface area contributed by atoms with Crippen LogP contribution in [0.1, 0.15) is 59.6 Å². The highest BCUT2D eigenvalue weighted by Gasteiger charge is 2.95. The van der Waals surface area contributed by atoms with E-state index in [0.29, 0.717) is 17.0 Å². The summed E-state index contributed by atoms with van der Waals surface area (Å²) < 4.78 is 258. The van der Waals surface area contributed by atoms with E-state index in [9.17, 15) is 75.4 Å². The highest BCUT2D eigenvalue weighted by molar-refractivity contribution is 6.76. The summed E-state index contributed by atoms with van der Waals surface area (Å²) in [6, 6.07) is 10.4. The molecule has 66 heavy (non-hydrogen) atoms. The van der Waals surface area contributed by atoms with Gasteiger partial charge in [0.2, 0.25) is 0 Å². The first-order valence-electron chi connectivity index (χ1n) is 19.2. The number of hydroxylamine groups is 1. The van der Waals surface area contributed by atoms with E-state index in [4.69, 9.17) is 23.8 Å². The highest BCUT2D eigenvalue weighted by atomic mass is 28.4. The Morgan fingerprint density at radius 3 is 1.56 bits per heavy atom. The molecule has 0 fully saturated rings. The molecule has 9 nitrogen and oxygen atoms in total. The first kappa shape index (κ1) is 57.6. The standard InChI is InChI=1S/C39H45F17N2O7Si/c1-21(2)66(22(3)4,19-16-32(40,41)33(42,43)34(44,45)35(46,47)36(48,49)37(50,51)38(52,53)39(54,55)56)64-18-17-63-28-12-8-25(9-13-28)29(23(5)20-24(6)30(59)58-61)65-31(60)57-26-10-14-27(62-7)15-11-26/h8-15,20-23,29,61H,16-19H2,1-7H3,(H,57,60)(H,58,59)/b24-20+/t23-,29-/m0/s1. The molecule has 0 aliphatic rings. The zero-order chi connectivity index (χ0) is 51.3. The van der Waals surface area contributed by atoms with Crippen LogP contribution in [-0.4, -0.2) is 93.5 Å². The Bertz CT molecular complexity index is 1960. The number of amides is 2. The number of hydrogen-bond acceptors (Lipinski definition) is 7. The van der Waals surface area contributed by atoms with Gasteiger partial charge in [0.05, 0.1) is 13.7 Å². The summed E-state index contributed by atoms with van der Waals surface area (Å²) in [6.45, 7) is 7.15. The molecule has 2 amide bonds. The van der Waals surface area contributed by atoms with E-state index in [1.165, 1.54) is 89.7 Å². The van der Waals surface area contributed by atoms with Gasteiger partial charge in [-0.1, -0.05) is 52.8 Å². The minimum atomic E-state index is -8.71. The van der Waals surface area contributed by atoms with Gasteiger partial charge in [0.15, 0.2) is 8.32 Å². The summed E-state index contributed by atoms with van der Waals surface area (Å²) in [5.74, 6) is -57.9. The number of alkyl halides is 17. The Labute approximate surface area is 367 Å². The van der Waals surface area contributed by atoms with E-state index >= 15 is 8.78 Å². The lowest BCUT2D eigenvalue weighted by Gasteiger charge is -2.44. The largest absolute Gasteiger partial charge is 0.497 e. The number of halogens is 17. The van der Waals surface area contributed by atoms with Crippen LogP contribution in [0.2, 0.25) is 17.1 Å². The van der Waals surface area contributed by atoms with Crippen molar-refractivity contribution in [3.05, 3.63) is 65.7 Å². The summed E-state index contributed by atoms with van der Waals surface area (Å²) in [5.41, 5.74) is 0.340. The number of carbonyl (C=O) groups is 2. The summed E-state index contributed by atoms with van der Waals surface area (Å²) in [7, 11) is -2.60. The zero-order valence-electron chi connectivity index (χ0n) is 35.7. The van der Waals surface area contributed by atoms with Crippen molar-refractivity contribution >= 4 is 26.0 Å². The number of rotatable bonds is 23. The van der Waals surface area contributed by atoms with Crippen LogP contribution in [0.25, 0.3) is 0 Å². The van der Waals surface area contributed by atoms with Gasteiger partial charge in [-0.15, -0.1) is 0 Å². The number of methoxy groups -OCH3 is 1. The fourth-order valence-electron chi connectivity index (χ4n) is 6.56. The summed E-state index contributed by atoms with van der Waals surface area (Å²) in [5, 5.41) is 11.5. The van der Waals surface area contributed by atoms with Crippen molar-refractivity contribution in [1.82, 2.24) is 5.48 Å². The van der Waals surface area contributed by atoms with Crippen LogP contribution in [0.4, 0.5) is 85.1 Å². The monoisotopic (exact) mass is 1000 g/mol. The van der Waals surface area contributed by atoms with Crippen LogP contribution in [0.5, 0.6) is 11.5 Å². The fraction of sp³-hybridized carbons (Fsp3) is 0.590. The molecule has 3 N–H and O–H groups in total. The number of nitrogens with one attached hydrogen (secondary N) is 2. The number of carbonyl (C=O) groups excluding carboxylic acids is 2. The molecule has 0 aliphatic carbocycles. The lowest BCUT2D eigenvalue weighted by Crippen LogP contribution is -2.74. The van der Waals surface area contributed by atoms with Crippen LogP contribution in [0.3, 0.4) is 0 Å². The fourth-order valence-corrected chi connectivity index (χ4v) is 11.0. The molecule has 0 saturated carbocycles. The van der Waals surface area contributed by atoms with Crippen LogP contribution >= 0.6 is 0 Å². The average molecular weight is 1000 g/mol. The van der Waals surface area contributed by atoms with Crippen LogP contribution in [-0.2, 0) is 14.0 Å². The van der Waals surface area contributed by atoms with Gasteiger partial charge in [-0.3, -0.25) is 15.3 Å². The summed E-state index contributed by atoms with van der Waals surface area (Å²) in [6.07, 6.45) is -11.1. The first-order valence-corrected chi connectivity index (χ1v) is 21.5. The second-order valence-corrected chi connectivity index (χ2v) is 20.5. The van der Waals surface area contributed by atoms with Gasteiger partial charge in [0, 0.05) is 23.6 Å². The van der Waals surface area contributed by atoms with Crippen molar-refractivity contribution in [2.24, 2.45) is 5.92 Å². The Kier molecular flexibility index (Phi) is 18.1. The SMILES string of the molecule is COc1ccc(NC(=O)O[C@H](c2ccc(OCCO[Si](CCC(F)(F)C(F)(F)C(F)(F)C(F)(F)C(F)(F)C(F)(F)C(F)(F)C(F)(F)F)(C(C)C)C(C)C)cc2)[C@@H](C)/C=C(\C)C(=O)NO)cc1. The van der Waals surface area contributed by atoms with Crippen molar-refractivity contribution in [2.75, 3.05) is 25.6 Å². The van der Waals surface area contributed by atoms with Crippen LogP contribution < -0.4 is 20.3 Å². The Morgan fingerprint density at radius 2 is 1.12 bits per heavy atom. The molecule has 0 radical (unpaired) electrons. The maximum atomic E-state index is 15.0. The first-order chi connectivity index (χ1) is 29.9. The Morgan fingerprint density at radius 1 is 0.667 bits per heavy atom. The van der Waals surface area contributed by atoms with Crippen molar-refractivity contribution in [2.45, 2.75) is 119 Å². The lowest BCUT2D eigenvalue weighted by molar-refractivity contribution is -0.461. The van der Waals surface area contributed by atoms with E-state index < -0.39 is 117 Å². The predicted molar refractivity (Wildman–Crippen MR) is 203 cm³/mol. The number of benzene rings is 2. The number of anilines is 1. The van der Waals surface area contributed by atoms with Gasteiger partial charge >= 0.3 is 53.7 Å². The molecule has 0 bridgehead atoms. The van der Waals surface area contributed by atoms with Crippen molar-refractivity contribution in [3.63, 3.8) is 0 Å². The summed E-state index contributed by atoms with van der Waals surface area (Å²) in [4.78, 5) is 24.9. The van der Waals surface area contributed by atoms with Gasteiger partial charge < -0.3 is 18.6 Å². The summed E-state index contributed by atoms with van der Waals surface area (Å²) >= 11 is 0. The van der Waals surface area contributed by atoms with Crippen LogP contribution in [0.15, 0.2) is 60.2 Å². The molecule has 2 aromatic carbocycles. The third-order valence-electron chi connectivity index (χ3n) is 10.5. The predicted octanol–water partition coefficient (Wildman–Crippen LogP) is 12.6. The molecule has 376 valence electrons. The molecule has 2 rings (SSSR count). The maximum absolute atomic E-state index is 15.0. The molecule has 0 heterocycles. The van der Waals surface area contributed by atoms with E-state index in [1.807, 2.05) is 0 Å². The van der Waals surface area contributed by atoms with E-state index in [-0.39, 0.29) is 11.3 Å². The topological polar surface area (TPSA) is 115 Å². The van der Waals surface area contributed by atoms with Gasteiger partial charge in [-0.25, -0.2) is 10.3 Å². The molecular weight excluding hydrogens is 959 g/mol. The van der Waals surface area contributed by atoms with E-state index in [2.05, 4.69) is 5.32 Å². The third-order valence-corrected chi connectivity index (χ3v) is 16.2. The van der Waals surface area contributed by atoms with Crippen LogP contribution in [0, 0.1) is 5.92 Å². The smallest absolute Gasteiger partial charge is 0.460 e. The van der Waals surface area contributed by atoms with Gasteiger partial charge in [0.1, 0.15) is 24.2 Å². The molecule has 2 atom stereocenters. The zero-order valence-corrected chi connectivity index (χ0v) is 36.7. The molecule has 0 aromatic heterocycles. The van der Waals surface area contributed by atoms with Crippen molar-refractivity contribution in [1.29, 1.82) is 0 Å². The Balaban J connectivity index is 2.32. The van der Waals surface area contributed by atoms with E-state index in [1.54, 1.807) is 19.1 Å². The molecule has 0 unspecified atom stereocenters. The molecule has 0 aliphatic heterocycles. The van der Waals surface area contributed by atoms with E-state index in [0.717, 1.165) is 0 Å². The molecule has 0 saturated heterocycles. The number of ether oxygens (including phenoxy) is 3. The van der Waals surface area contributed by atoms with Gasteiger partial charge in [-0.2, -0.15) is 74.6 Å². The molecular formula is C39H45F17N2O7Si. The van der Waals surface area contributed by atoms with Gasteiger partial charge in [-0.05, 0) is 66.0 Å². The molecule has 0 spiro atoms. The second-order valence-electron chi connectivity index (χ2n) is 15.5. The van der Waals surface area contributed by atoms with Crippen molar-refractivity contribution in [3.8, 4) is 11.5 Å². The third kappa shape index (κ3) is 11.4. The highest BCUT2D eigenvalue weighted by Crippen LogP contribution is 2.64. The number of hydrogen-bond donors (Lipinski definition) is 3. The Hall–Kier alpha value is -4.53.